The molecule has 5 aromatic rings. The van der Waals surface area contributed by atoms with E-state index in [-0.39, 0.29) is 5.21 Å². The zero-order chi connectivity index (χ0) is 21.9. The van der Waals surface area contributed by atoms with Gasteiger partial charge in [-0.3, -0.25) is 4.98 Å². The van der Waals surface area contributed by atoms with E-state index in [4.69, 9.17) is 9.40 Å². The van der Waals surface area contributed by atoms with Crippen molar-refractivity contribution < 1.29 is 4.42 Å². The molecule has 0 amide bonds. The monoisotopic (exact) mass is 415 g/mol. The molecule has 0 bridgehead atoms. The Morgan fingerprint density at radius 1 is 0.906 bits per heavy atom. The summed E-state index contributed by atoms with van der Waals surface area (Å²) in [6, 6.07) is 21.6. The van der Waals surface area contributed by atoms with Gasteiger partial charge < -0.3 is 4.42 Å². The number of benzene rings is 3. The van der Waals surface area contributed by atoms with E-state index < -0.39 is 0 Å². The van der Waals surface area contributed by atoms with Gasteiger partial charge >= 0.3 is 0 Å². The van der Waals surface area contributed by atoms with Crippen molar-refractivity contribution in [3.05, 3.63) is 78.0 Å². The van der Waals surface area contributed by atoms with Gasteiger partial charge in [-0.2, -0.15) is 0 Å². The molecule has 156 valence electrons. The predicted molar refractivity (Wildman–Crippen MR) is 140 cm³/mol. The van der Waals surface area contributed by atoms with Crippen molar-refractivity contribution in [2.45, 2.75) is 37.8 Å². The van der Waals surface area contributed by atoms with Crippen molar-refractivity contribution in [3.8, 4) is 11.3 Å². The van der Waals surface area contributed by atoms with Crippen molar-refractivity contribution in [1.82, 2.24) is 4.98 Å². The number of furan rings is 1. The van der Waals surface area contributed by atoms with Crippen LogP contribution in [0.25, 0.3) is 44.0 Å². The van der Waals surface area contributed by atoms with Crippen molar-refractivity contribution in [2.75, 3.05) is 0 Å². The van der Waals surface area contributed by atoms with Gasteiger partial charge in [-0.05, 0) is 47.4 Å². The third kappa shape index (κ3) is 2.85. The molecule has 6 rings (SSSR count). The fourth-order valence-corrected chi connectivity index (χ4v) is 5.98. The summed E-state index contributed by atoms with van der Waals surface area (Å²) in [5, 5.41) is 5.02. The molecule has 0 unspecified atom stereocenters. The molecule has 4 heteroatoms. The number of hydrogen-bond donors (Lipinski definition) is 0. The zero-order valence-corrected chi connectivity index (χ0v) is 19.1. The normalized spacial score (nSPS) is 15.3. The summed E-state index contributed by atoms with van der Waals surface area (Å²) in [5.74, 6) is 0.738. The van der Waals surface area contributed by atoms with Gasteiger partial charge in [-0.15, -0.1) is 0 Å². The van der Waals surface area contributed by atoms with E-state index >= 15 is 0 Å². The highest BCUT2D eigenvalue weighted by molar-refractivity contribution is 6.40. The Morgan fingerprint density at radius 2 is 1.59 bits per heavy atom. The molecular formula is C28H27B2NO. The topological polar surface area (TPSA) is 26.0 Å². The highest BCUT2D eigenvalue weighted by Gasteiger charge is 2.33. The SMILES string of the molecule is BC(B)(c1ccnc(-c2c(C)c3ccccc3c3c2oc2ccccc23)c1)C1CCCC1. The summed E-state index contributed by atoms with van der Waals surface area (Å²) in [6.45, 7) is 2.21. The minimum atomic E-state index is 0.145. The molecule has 0 aliphatic heterocycles. The standard InChI is InChI=1S/C28H27B2NO/c1-17-20-10-4-5-11-21(20)26-22-12-6-7-13-24(22)32-27(26)25(17)23-16-19(14-15-31-23)28(29,30)18-8-2-3-9-18/h4-7,10-16,18H,2-3,8-9,29-30H2,1H3. The second-order valence-electron chi connectivity index (χ2n) is 9.98. The Kier molecular flexibility index (Phi) is 4.47. The zero-order valence-electron chi connectivity index (χ0n) is 19.1. The second kappa shape index (κ2) is 7.27. The molecule has 1 fully saturated rings. The summed E-state index contributed by atoms with van der Waals surface area (Å²) in [4.78, 5) is 4.88. The van der Waals surface area contributed by atoms with Gasteiger partial charge in [0.2, 0.25) is 0 Å². The Bertz CT molecular complexity index is 1480. The molecule has 2 nitrogen and oxygen atoms in total. The molecule has 1 aliphatic carbocycles. The summed E-state index contributed by atoms with van der Waals surface area (Å²) in [5.41, 5.74) is 6.63. The second-order valence-corrected chi connectivity index (χ2v) is 9.98. The highest BCUT2D eigenvalue weighted by atomic mass is 16.3. The van der Waals surface area contributed by atoms with Gasteiger partial charge in [-0.1, -0.05) is 78.9 Å². The molecular weight excluding hydrogens is 388 g/mol. The average molecular weight is 415 g/mol. The number of hydrogen-bond acceptors (Lipinski definition) is 2. The van der Waals surface area contributed by atoms with Gasteiger partial charge in [0.05, 0.1) is 5.69 Å². The lowest BCUT2D eigenvalue weighted by molar-refractivity contribution is 0.486. The Morgan fingerprint density at radius 3 is 2.38 bits per heavy atom. The number of pyridine rings is 1. The molecule has 32 heavy (non-hydrogen) atoms. The van der Waals surface area contributed by atoms with Crippen molar-refractivity contribution in [3.63, 3.8) is 0 Å². The molecule has 0 saturated heterocycles. The van der Waals surface area contributed by atoms with Crippen LogP contribution in [0.3, 0.4) is 0 Å². The first-order chi connectivity index (χ1) is 15.6. The average Bonchev–Trinajstić information content (AvgIpc) is 3.48. The first-order valence-electron chi connectivity index (χ1n) is 11.8. The van der Waals surface area contributed by atoms with E-state index in [1.54, 1.807) is 0 Å². The number of rotatable bonds is 3. The van der Waals surface area contributed by atoms with Crippen molar-refractivity contribution in [1.29, 1.82) is 0 Å². The van der Waals surface area contributed by atoms with Gasteiger partial charge in [0.25, 0.3) is 0 Å². The molecule has 0 N–H and O–H groups in total. The molecule has 0 radical (unpaired) electrons. The molecule has 0 atom stereocenters. The third-order valence-corrected chi connectivity index (χ3v) is 7.93. The molecule has 2 aromatic heterocycles. The van der Waals surface area contributed by atoms with Crippen LogP contribution in [-0.2, 0) is 5.21 Å². The van der Waals surface area contributed by atoms with Crippen LogP contribution in [0.5, 0.6) is 0 Å². The number of aromatic nitrogens is 1. The largest absolute Gasteiger partial charge is 0.455 e. The van der Waals surface area contributed by atoms with E-state index in [9.17, 15) is 0 Å². The van der Waals surface area contributed by atoms with Crippen LogP contribution in [0.1, 0.15) is 36.8 Å². The van der Waals surface area contributed by atoms with Gasteiger partial charge in [0, 0.05) is 22.5 Å². The number of para-hydroxylation sites is 1. The number of nitrogens with zero attached hydrogens (tertiary/aromatic N) is 1. The Hall–Kier alpha value is -3.00. The minimum absolute atomic E-state index is 0.145. The van der Waals surface area contributed by atoms with Gasteiger partial charge in [0.15, 0.2) is 0 Å². The van der Waals surface area contributed by atoms with Crippen molar-refractivity contribution in [2.24, 2.45) is 5.92 Å². The number of aryl methyl sites for hydroxylation is 1. The highest BCUT2D eigenvalue weighted by Crippen LogP contribution is 2.44. The molecule has 2 heterocycles. The maximum atomic E-state index is 6.51. The van der Waals surface area contributed by atoms with Crippen LogP contribution >= 0.6 is 0 Å². The van der Waals surface area contributed by atoms with E-state index in [2.05, 4.69) is 77.2 Å². The summed E-state index contributed by atoms with van der Waals surface area (Å²) >= 11 is 0. The lowest BCUT2D eigenvalue weighted by Gasteiger charge is -2.32. The quantitative estimate of drug-likeness (QED) is 0.353. The van der Waals surface area contributed by atoms with Crippen LogP contribution in [0, 0.1) is 12.8 Å². The lowest BCUT2D eigenvalue weighted by Crippen LogP contribution is -2.35. The van der Waals surface area contributed by atoms with E-state index in [1.165, 1.54) is 58.4 Å². The van der Waals surface area contributed by atoms with Gasteiger partial charge in [-0.25, -0.2) is 0 Å². The maximum absolute atomic E-state index is 6.51. The smallest absolute Gasteiger partial charge is 0.145 e. The van der Waals surface area contributed by atoms with E-state index in [1.807, 2.05) is 12.3 Å². The first-order valence-corrected chi connectivity index (χ1v) is 11.8. The van der Waals surface area contributed by atoms with Gasteiger partial charge in [0.1, 0.15) is 26.9 Å². The third-order valence-electron chi connectivity index (χ3n) is 7.93. The fraction of sp³-hybridized carbons (Fsp3) is 0.250. The fourth-order valence-electron chi connectivity index (χ4n) is 5.98. The summed E-state index contributed by atoms with van der Waals surface area (Å²) in [6.07, 6.45) is 7.36. The van der Waals surface area contributed by atoms with Crippen molar-refractivity contribution >= 4 is 48.4 Å². The summed E-state index contributed by atoms with van der Waals surface area (Å²) in [7, 11) is 4.82. The van der Waals surface area contributed by atoms with Crippen LogP contribution in [-0.4, -0.2) is 20.7 Å². The van der Waals surface area contributed by atoms with Crippen LogP contribution in [0.4, 0.5) is 0 Å². The lowest BCUT2D eigenvalue weighted by atomic mass is 9.45. The van der Waals surface area contributed by atoms with E-state index in [0.29, 0.717) is 0 Å². The maximum Gasteiger partial charge on any atom is 0.145 e. The summed E-state index contributed by atoms with van der Waals surface area (Å²) < 4.78 is 6.51. The van der Waals surface area contributed by atoms with E-state index in [0.717, 1.165) is 28.3 Å². The number of fused-ring (bicyclic) bond motifs is 5. The van der Waals surface area contributed by atoms with Crippen LogP contribution in [0.15, 0.2) is 71.3 Å². The molecule has 1 saturated carbocycles. The molecule has 1 aliphatic rings. The first kappa shape index (κ1) is 19.7. The van der Waals surface area contributed by atoms with Crippen LogP contribution < -0.4 is 0 Å². The molecule has 0 spiro atoms. The Labute approximate surface area is 190 Å². The Balaban J connectivity index is 1.65. The predicted octanol–water partition coefficient (Wildman–Crippen LogP) is 5.72. The van der Waals surface area contributed by atoms with Crippen LogP contribution in [0.2, 0.25) is 0 Å². The molecule has 3 aromatic carbocycles. The minimum Gasteiger partial charge on any atom is -0.455 e.